The van der Waals surface area contributed by atoms with Crippen molar-refractivity contribution in [2.24, 2.45) is 0 Å². The largest absolute Gasteiger partial charge is 0.378 e. The molecule has 0 aliphatic carbocycles. The second kappa shape index (κ2) is 3.65. The van der Waals surface area contributed by atoms with Crippen LogP contribution in [0.25, 0.3) is 4.85 Å². The summed E-state index contributed by atoms with van der Waals surface area (Å²) in [4.78, 5) is 7.12. The Morgan fingerprint density at radius 3 is 2.75 bits per heavy atom. The average molecular weight is 182 g/mol. The van der Waals surface area contributed by atoms with Crippen molar-refractivity contribution in [1.29, 1.82) is 0 Å². The lowest BCUT2D eigenvalue weighted by atomic mass is 10.2. The molecule has 0 bridgehead atoms. The van der Waals surface area contributed by atoms with Gasteiger partial charge in [-0.25, -0.2) is 11.6 Å². The van der Waals surface area contributed by atoms with E-state index in [0.29, 0.717) is 10.9 Å². The molecule has 0 spiro atoms. The Labute approximate surface area is 75.5 Å². The number of hydrogen-bond donors (Lipinski definition) is 1. The highest BCUT2D eigenvalue weighted by Crippen LogP contribution is 2.23. The third-order valence-electron chi connectivity index (χ3n) is 1.47. The molecule has 0 aliphatic rings. The first-order valence-electron chi connectivity index (χ1n) is 3.65. The highest BCUT2D eigenvalue weighted by atomic mass is 32.1. The zero-order chi connectivity index (χ0) is 9.14. The van der Waals surface area contributed by atoms with Gasteiger partial charge in [0.2, 0.25) is 5.01 Å². The highest BCUT2D eigenvalue weighted by Gasteiger charge is 2.16. The molecule has 1 N–H and O–H groups in total. The topological polar surface area (TPSA) is 37.5 Å². The van der Waals surface area contributed by atoms with Gasteiger partial charge >= 0.3 is 6.23 Å². The molecule has 4 heteroatoms. The van der Waals surface area contributed by atoms with Crippen molar-refractivity contribution < 1.29 is 5.11 Å². The number of thiazole rings is 1. The Balaban J connectivity index is 2.86. The van der Waals surface area contributed by atoms with Crippen LogP contribution in [0.15, 0.2) is 5.38 Å². The molecule has 1 unspecified atom stereocenters. The molecule has 64 valence electrons. The van der Waals surface area contributed by atoms with E-state index in [1.165, 1.54) is 11.3 Å². The van der Waals surface area contributed by atoms with Gasteiger partial charge < -0.3 is 5.11 Å². The second-order valence-corrected chi connectivity index (χ2v) is 3.66. The first-order chi connectivity index (χ1) is 5.65. The summed E-state index contributed by atoms with van der Waals surface area (Å²) >= 11 is 1.34. The highest BCUT2D eigenvalue weighted by molar-refractivity contribution is 7.09. The molecule has 1 rings (SSSR count). The van der Waals surface area contributed by atoms with Gasteiger partial charge in [0.1, 0.15) is 0 Å². The third-order valence-corrected chi connectivity index (χ3v) is 2.38. The van der Waals surface area contributed by atoms with Gasteiger partial charge in [0.15, 0.2) is 0 Å². The molecule has 0 saturated carbocycles. The van der Waals surface area contributed by atoms with E-state index in [0.717, 1.165) is 5.69 Å². The predicted molar refractivity (Wildman–Crippen MR) is 47.8 cm³/mol. The van der Waals surface area contributed by atoms with Gasteiger partial charge in [0.25, 0.3) is 0 Å². The normalized spacial score (nSPS) is 12.9. The molecule has 0 aliphatic heterocycles. The van der Waals surface area contributed by atoms with E-state index in [9.17, 15) is 0 Å². The van der Waals surface area contributed by atoms with Crippen molar-refractivity contribution in [3.05, 3.63) is 27.5 Å². The number of aliphatic hydroxyl groups excluding tert-OH is 1. The summed E-state index contributed by atoms with van der Waals surface area (Å²) in [7, 11) is 0. The molecular weight excluding hydrogens is 172 g/mol. The van der Waals surface area contributed by atoms with Crippen molar-refractivity contribution in [3.8, 4) is 0 Å². The lowest BCUT2D eigenvalue weighted by Gasteiger charge is -1.96. The molecule has 3 nitrogen and oxygen atoms in total. The van der Waals surface area contributed by atoms with Crippen molar-refractivity contribution >= 4 is 11.3 Å². The van der Waals surface area contributed by atoms with Crippen LogP contribution in [-0.2, 0) is 0 Å². The van der Waals surface area contributed by atoms with Crippen LogP contribution in [0.4, 0.5) is 0 Å². The van der Waals surface area contributed by atoms with E-state index in [1.54, 1.807) is 0 Å². The van der Waals surface area contributed by atoms with Crippen molar-refractivity contribution in [3.63, 3.8) is 0 Å². The van der Waals surface area contributed by atoms with Crippen LogP contribution in [0.1, 0.15) is 36.7 Å². The summed E-state index contributed by atoms with van der Waals surface area (Å²) in [5.41, 5.74) is 0.942. The standard InChI is InChI=1S/C8H10N2OS/c1-5(2)6-4-12-8(10-6)7(11)9-3/h4-5,7,11H,1-2H3. The van der Waals surface area contributed by atoms with Gasteiger partial charge in [-0.15, -0.1) is 11.3 Å². The maximum Gasteiger partial charge on any atom is 0.378 e. The predicted octanol–water partition coefficient (Wildman–Crippen LogP) is 2.18. The Kier molecular flexibility index (Phi) is 2.79. The van der Waals surface area contributed by atoms with Gasteiger partial charge in [0, 0.05) is 5.38 Å². The smallest absolute Gasteiger partial charge is 0.320 e. The molecule has 1 heterocycles. The Morgan fingerprint density at radius 2 is 2.33 bits per heavy atom. The Hall–Kier alpha value is -0.920. The molecule has 0 aromatic carbocycles. The monoisotopic (exact) mass is 182 g/mol. The molecule has 1 aromatic heterocycles. The Morgan fingerprint density at radius 1 is 1.67 bits per heavy atom. The molecule has 12 heavy (non-hydrogen) atoms. The molecule has 0 radical (unpaired) electrons. The number of hydrogen-bond acceptors (Lipinski definition) is 3. The van der Waals surface area contributed by atoms with E-state index in [-0.39, 0.29) is 0 Å². The average Bonchev–Trinajstić information content (AvgIpc) is 2.51. The lowest BCUT2D eigenvalue weighted by Crippen LogP contribution is -1.92. The summed E-state index contributed by atoms with van der Waals surface area (Å²) < 4.78 is 0. The van der Waals surface area contributed by atoms with E-state index in [2.05, 4.69) is 9.83 Å². The fourth-order valence-corrected chi connectivity index (χ4v) is 1.64. The Bertz CT molecular complexity index is 300. The van der Waals surface area contributed by atoms with Crippen LogP contribution in [0.2, 0.25) is 0 Å². The van der Waals surface area contributed by atoms with Gasteiger partial charge in [-0.3, -0.25) is 4.85 Å². The second-order valence-electron chi connectivity index (χ2n) is 2.77. The summed E-state index contributed by atoms with van der Waals surface area (Å²) in [6.07, 6.45) is -1.08. The van der Waals surface area contributed by atoms with E-state index in [4.69, 9.17) is 11.7 Å². The van der Waals surface area contributed by atoms with E-state index >= 15 is 0 Å². The first-order valence-corrected chi connectivity index (χ1v) is 4.53. The maximum absolute atomic E-state index is 9.12. The third kappa shape index (κ3) is 1.81. The van der Waals surface area contributed by atoms with Gasteiger partial charge in [-0.05, 0) is 5.92 Å². The molecule has 0 amide bonds. The molecule has 0 fully saturated rings. The van der Waals surface area contributed by atoms with Crippen molar-refractivity contribution in [1.82, 2.24) is 4.98 Å². The number of aliphatic hydroxyl groups is 1. The van der Waals surface area contributed by atoms with Crippen LogP contribution < -0.4 is 0 Å². The minimum Gasteiger partial charge on any atom is -0.320 e. The summed E-state index contributed by atoms with van der Waals surface area (Å²) in [5.74, 6) is 0.355. The fraction of sp³-hybridized carbons (Fsp3) is 0.500. The van der Waals surface area contributed by atoms with Crippen LogP contribution in [0.5, 0.6) is 0 Å². The van der Waals surface area contributed by atoms with Gasteiger partial charge in [-0.1, -0.05) is 13.8 Å². The minimum atomic E-state index is -1.08. The van der Waals surface area contributed by atoms with Crippen LogP contribution in [0, 0.1) is 6.57 Å². The minimum absolute atomic E-state index is 0.355. The lowest BCUT2D eigenvalue weighted by molar-refractivity contribution is 0.225. The number of nitrogens with zero attached hydrogens (tertiary/aromatic N) is 2. The molecule has 1 atom stereocenters. The summed E-state index contributed by atoms with van der Waals surface area (Å²) in [6.45, 7) is 10.7. The summed E-state index contributed by atoms with van der Waals surface area (Å²) in [5, 5.41) is 11.5. The molecular formula is C8H10N2OS. The SMILES string of the molecule is [C-]#[N+]C(O)c1nc(C(C)C)cs1. The van der Waals surface area contributed by atoms with Crippen LogP contribution >= 0.6 is 11.3 Å². The number of aromatic nitrogens is 1. The zero-order valence-corrected chi connectivity index (χ0v) is 7.80. The fourth-order valence-electron chi connectivity index (χ4n) is 0.740. The van der Waals surface area contributed by atoms with Crippen LogP contribution in [0.3, 0.4) is 0 Å². The summed E-state index contributed by atoms with van der Waals surface area (Å²) in [6, 6.07) is 0. The van der Waals surface area contributed by atoms with E-state index < -0.39 is 6.23 Å². The van der Waals surface area contributed by atoms with Crippen LogP contribution in [-0.4, -0.2) is 10.1 Å². The first kappa shape index (κ1) is 9.17. The quantitative estimate of drug-likeness (QED) is 0.712. The van der Waals surface area contributed by atoms with E-state index in [1.807, 2.05) is 19.2 Å². The number of rotatable bonds is 2. The van der Waals surface area contributed by atoms with Crippen molar-refractivity contribution in [2.45, 2.75) is 26.0 Å². The zero-order valence-electron chi connectivity index (χ0n) is 6.98. The maximum atomic E-state index is 9.12. The van der Waals surface area contributed by atoms with Crippen molar-refractivity contribution in [2.75, 3.05) is 0 Å². The van der Waals surface area contributed by atoms with Gasteiger partial charge in [0.05, 0.1) is 5.69 Å². The van der Waals surface area contributed by atoms with Gasteiger partial charge in [-0.2, -0.15) is 0 Å². The molecule has 0 saturated heterocycles. The molecule has 1 aromatic rings.